The van der Waals surface area contributed by atoms with E-state index in [1.165, 1.54) is 0 Å². The first-order chi connectivity index (χ1) is 15.7. The predicted molar refractivity (Wildman–Crippen MR) is 123 cm³/mol. The van der Waals surface area contributed by atoms with E-state index in [0.29, 0.717) is 44.2 Å². The van der Waals surface area contributed by atoms with E-state index in [1.54, 1.807) is 29.9 Å². The molecule has 1 fully saturated rings. The van der Waals surface area contributed by atoms with Crippen molar-refractivity contribution in [2.24, 2.45) is 0 Å². The highest BCUT2D eigenvalue weighted by molar-refractivity contribution is 7.18. The molecule has 32 heavy (non-hydrogen) atoms. The number of hydrogen-bond acceptors (Lipinski definition) is 8. The Kier molecular flexibility index (Phi) is 6.00. The molecule has 0 radical (unpaired) electrons. The van der Waals surface area contributed by atoms with Crippen LogP contribution >= 0.6 is 11.3 Å². The summed E-state index contributed by atoms with van der Waals surface area (Å²) in [6.45, 7) is 1.56. The quantitative estimate of drug-likeness (QED) is 0.482. The molecular formula is C23H22N6O2S. The van der Waals surface area contributed by atoms with Gasteiger partial charge in [0.1, 0.15) is 17.7 Å². The molecule has 0 aliphatic carbocycles. The maximum absolute atomic E-state index is 12.9. The molecule has 1 aliphatic rings. The monoisotopic (exact) mass is 446 g/mol. The number of aryl methyl sites for hydroxylation is 1. The van der Waals surface area contributed by atoms with E-state index in [9.17, 15) is 4.79 Å². The van der Waals surface area contributed by atoms with Crippen LogP contribution in [0.4, 0.5) is 11.6 Å². The van der Waals surface area contributed by atoms with E-state index in [0.717, 1.165) is 20.9 Å². The summed E-state index contributed by atoms with van der Waals surface area (Å²) in [5, 5.41) is 4.13. The number of anilines is 2. The van der Waals surface area contributed by atoms with E-state index < -0.39 is 0 Å². The lowest BCUT2D eigenvalue weighted by Crippen LogP contribution is -2.42. The minimum absolute atomic E-state index is 0.117. The lowest BCUT2D eigenvalue weighted by molar-refractivity contribution is -0.139. The van der Waals surface area contributed by atoms with E-state index in [-0.39, 0.29) is 12.0 Å². The second-order valence-corrected chi connectivity index (χ2v) is 8.55. The first-order valence-electron chi connectivity index (χ1n) is 10.5. The first-order valence-corrected chi connectivity index (χ1v) is 11.3. The van der Waals surface area contributed by atoms with E-state index in [1.807, 2.05) is 41.3 Å². The summed E-state index contributed by atoms with van der Waals surface area (Å²) in [5.74, 6) is 1.39. The number of hydrogen-bond donors (Lipinski definition) is 1. The third-order valence-electron chi connectivity index (χ3n) is 5.23. The molecule has 1 amide bonds. The molecule has 162 valence electrons. The van der Waals surface area contributed by atoms with Gasteiger partial charge in [-0.25, -0.2) is 15.0 Å². The van der Waals surface area contributed by atoms with Gasteiger partial charge in [0.15, 0.2) is 0 Å². The number of ether oxygens (including phenoxy) is 1. The molecule has 0 spiro atoms. The second kappa shape index (κ2) is 9.37. The van der Waals surface area contributed by atoms with Crippen LogP contribution in [0.1, 0.15) is 23.2 Å². The molecule has 1 aromatic carbocycles. The molecular weight excluding hydrogens is 424 g/mol. The molecule has 3 aromatic heterocycles. The number of amides is 1. The van der Waals surface area contributed by atoms with Gasteiger partial charge in [-0.2, -0.15) is 0 Å². The minimum Gasteiger partial charge on any atom is -0.368 e. The van der Waals surface area contributed by atoms with Gasteiger partial charge in [-0.3, -0.25) is 9.78 Å². The zero-order chi connectivity index (χ0) is 21.8. The number of benzene rings is 1. The van der Waals surface area contributed by atoms with Gasteiger partial charge < -0.3 is 15.0 Å². The Morgan fingerprint density at radius 1 is 1.12 bits per heavy atom. The highest BCUT2D eigenvalue weighted by atomic mass is 32.1. The van der Waals surface area contributed by atoms with Crippen LogP contribution < -0.4 is 5.32 Å². The van der Waals surface area contributed by atoms with E-state index in [4.69, 9.17) is 4.74 Å². The third-order valence-corrected chi connectivity index (χ3v) is 6.33. The Hall–Kier alpha value is -3.43. The fourth-order valence-corrected chi connectivity index (χ4v) is 4.62. The number of carbonyl (C=O) groups excluding carboxylic acids is 1. The number of para-hydroxylation sites is 1. The number of carbonyl (C=O) groups is 1. The Morgan fingerprint density at radius 3 is 2.94 bits per heavy atom. The molecule has 0 unspecified atom stereocenters. The summed E-state index contributed by atoms with van der Waals surface area (Å²) in [5.41, 5.74) is 1.77. The Bertz CT molecular complexity index is 1180. The maximum Gasteiger partial charge on any atom is 0.223 e. The summed E-state index contributed by atoms with van der Waals surface area (Å²) >= 11 is 1.65. The van der Waals surface area contributed by atoms with Gasteiger partial charge >= 0.3 is 0 Å². The van der Waals surface area contributed by atoms with Crippen molar-refractivity contribution in [3.05, 3.63) is 71.8 Å². The predicted octanol–water partition coefficient (Wildman–Crippen LogP) is 3.76. The van der Waals surface area contributed by atoms with Crippen molar-refractivity contribution >= 4 is 39.1 Å². The van der Waals surface area contributed by atoms with Gasteiger partial charge in [0.2, 0.25) is 5.91 Å². The van der Waals surface area contributed by atoms with Crippen LogP contribution in [0.2, 0.25) is 0 Å². The number of pyridine rings is 1. The van der Waals surface area contributed by atoms with Crippen LogP contribution in [-0.4, -0.2) is 50.4 Å². The Morgan fingerprint density at radius 2 is 2.06 bits per heavy atom. The van der Waals surface area contributed by atoms with Crippen LogP contribution in [0.3, 0.4) is 0 Å². The fourth-order valence-electron chi connectivity index (χ4n) is 3.65. The number of nitrogens with one attached hydrogen (secondary N) is 1. The normalized spacial score (nSPS) is 16.2. The van der Waals surface area contributed by atoms with Crippen molar-refractivity contribution in [2.75, 3.05) is 25.0 Å². The maximum atomic E-state index is 12.9. The molecule has 1 aliphatic heterocycles. The highest BCUT2D eigenvalue weighted by Gasteiger charge is 2.26. The summed E-state index contributed by atoms with van der Waals surface area (Å²) in [4.78, 5) is 32.3. The van der Waals surface area contributed by atoms with Crippen molar-refractivity contribution in [2.45, 2.75) is 18.9 Å². The first kappa shape index (κ1) is 20.5. The van der Waals surface area contributed by atoms with Crippen LogP contribution in [0, 0.1) is 0 Å². The highest BCUT2D eigenvalue weighted by Crippen LogP contribution is 2.25. The molecule has 0 bridgehead atoms. The zero-order valence-corrected chi connectivity index (χ0v) is 18.2. The SMILES string of the molecule is O=C(CCc1nc2ccccc2s1)N1CCO[C@@H](c2cccc(Nc3cnccn3)n2)C1. The molecule has 5 rings (SSSR count). The lowest BCUT2D eigenvalue weighted by Gasteiger charge is -2.32. The van der Waals surface area contributed by atoms with Crippen LogP contribution in [0.15, 0.2) is 61.1 Å². The zero-order valence-electron chi connectivity index (χ0n) is 17.3. The second-order valence-electron chi connectivity index (χ2n) is 7.44. The third kappa shape index (κ3) is 4.74. The van der Waals surface area contributed by atoms with Crippen molar-refractivity contribution in [3.63, 3.8) is 0 Å². The molecule has 1 saturated heterocycles. The van der Waals surface area contributed by atoms with Crippen LogP contribution in [0.25, 0.3) is 10.2 Å². The van der Waals surface area contributed by atoms with Gasteiger partial charge in [0.25, 0.3) is 0 Å². The van der Waals surface area contributed by atoms with Crippen molar-refractivity contribution in [1.82, 2.24) is 24.8 Å². The van der Waals surface area contributed by atoms with Crippen molar-refractivity contribution in [3.8, 4) is 0 Å². The smallest absolute Gasteiger partial charge is 0.223 e. The van der Waals surface area contributed by atoms with Gasteiger partial charge in [-0.05, 0) is 24.3 Å². The van der Waals surface area contributed by atoms with Gasteiger partial charge in [0, 0.05) is 31.8 Å². The number of morpholine rings is 1. The molecule has 1 N–H and O–H groups in total. The Balaban J connectivity index is 1.21. The topological polar surface area (TPSA) is 93.1 Å². The molecule has 0 saturated carbocycles. The fraction of sp³-hybridized carbons (Fsp3) is 0.261. The number of fused-ring (bicyclic) bond motifs is 1. The lowest BCUT2D eigenvalue weighted by atomic mass is 10.1. The van der Waals surface area contributed by atoms with Gasteiger partial charge in [0.05, 0.1) is 40.3 Å². The Labute approximate surface area is 189 Å². The van der Waals surface area contributed by atoms with Gasteiger partial charge in [-0.1, -0.05) is 18.2 Å². The molecule has 4 heterocycles. The molecule has 4 aromatic rings. The van der Waals surface area contributed by atoms with Crippen LogP contribution in [0.5, 0.6) is 0 Å². The molecule has 8 nitrogen and oxygen atoms in total. The summed E-state index contributed by atoms with van der Waals surface area (Å²) in [6.07, 6.45) is 5.70. The minimum atomic E-state index is -0.265. The molecule has 1 atom stereocenters. The number of aromatic nitrogens is 4. The van der Waals surface area contributed by atoms with E-state index in [2.05, 4.69) is 31.3 Å². The van der Waals surface area contributed by atoms with Crippen LogP contribution in [-0.2, 0) is 16.0 Å². The van der Waals surface area contributed by atoms with E-state index >= 15 is 0 Å². The summed E-state index contributed by atoms with van der Waals surface area (Å²) in [6, 6.07) is 13.8. The summed E-state index contributed by atoms with van der Waals surface area (Å²) in [7, 11) is 0. The van der Waals surface area contributed by atoms with Gasteiger partial charge in [-0.15, -0.1) is 11.3 Å². The summed E-state index contributed by atoms with van der Waals surface area (Å²) < 4.78 is 7.08. The van der Waals surface area contributed by atoms with Crippen molar-refractivity contribution < 1.29 is 9.53 Å². The number of nitrogens with zero attached hydrogens (tertiary/aromatic N) is 5. The van der Waals surface area contributed by atoms with Crippen molar-refractivity contribution in [1.29, 1.82) is 0 Å². The number of thiazole rings is 1. The average Bonchev–Trinajstić information content (AvgIpc) is 3.27. The molecule has 9 heteroatoms. The number of rotatable bonds is 6. The average molecular weight is 447 g/mol. The standard InChI is InChI=1S/C23H22N6O2S/c30-23(9-8-22-27-17-4-1-2-6-19(17)32-22)29-12-13-31-18(15-29)16-5-3-7-20(26-16)28-21-14-24-10-11-25-21/h1-7,10-11,14,18H,8-9,12-13,15H2,(H,25,26,28)/t18-/m1/s1. The largest absolute Gasteiger partial charge is 0.368 e.